The molecule has 94 valence electrons. The lowest BCUT2D eigenvalue weighted by atomic mass is 10.1. The number of nitrogen functional groups attached to an aromatic ring is 1. The van der Waals surface area contributed by atoms with Crippen LogP contribution in [0.15, 0.2) is 30.6 Å². The molecule has 0 spiro atoms. The number of anilines is 2. The largest absolute Gasteiger partial charge is 0.478 e. The number of carboxylic acids is 1. The molecular formula is C11H13N5O2. The Morgan fingerprint density at radius 1 is 1.50 bits per heavy atom. The highest BCUT2D eigenvalue weighted by Crippen LogP contribution is 2.19. The molecule has 1 aromatic carbocycles. The Balaban J connectivity index is 2.00. The third kappa shape index (κ3) is 2.76. The first-order chi connectivity index (χ1) is 8.66. The van der Waals surface area contributed by atoms with E-state index in [1.54, 1.807) is 23.1 Å². The van der Waals surface area contributed by atoms with Crippen molar-refractivity contribution in [1.29, 1.82) is 0 Å². The maximum absolute atomic E-state index is 10.8. The van der Waals surface area contributed by atoms with Crippen LogP contribution >= 0.6 is 0 Å². The summed E-state index contributed by atoms with van der Waals surface area (Å²) in [5, 5.41) is 19.5. The summed E-state index contributed by atoms with van der Waals surface area (Å²) in [6.07, 6.45) is 3.35. The Morgan fingerprint density at radius 3 is 3.00 bits per heavy atom. The molecule has 0 amide bonds. The number of benzene rings is 1. The molecule has 0 saturated heterocycles. The highest BCUT2D eigenvalue weighted by Gasteiger charge is 2.06. The summed E-state index contributed by atoms with van der Waals surface area (Å²) < 4.78 is 1.67. The zero-order valence-electron chi connectivity index (χ0n) is 9.58. The van der Waals surface area contributed by atoms with Crippen molar-refractivity contribution in [3.05, 3.63) is 36.2 Å². The van der Waals surface area contributed by atoms with Crippen molar-refractivity contribution >= 4 is 17.3 Å². The maximum atomic E-state index is 10.8. The van der Waals surface area contributed by atoms with Crippen molar-refractivity contribution in [2.24, 2.45) is 0 Å². The van der Waals surface area contributed by atoms with Gasteiger partial charge in [-0.25, -0.2) is 4.79 Å². The molecule has 18 heavy (non-hydrogen) atoms. The smallest absolute Gasteiger partial charge is 0.335 e. The van der Waals surface area contributed by atoms with E-state index in [2.05, 4.69) is 15.6 Å². The van der Waals surface area contributed by atoms with Crippen LogP contribution < -0.4 is 11.1 Å². The fraction of sp³-hybridized carbons (Fsp3) is 0.182. The highest BCUT2D eigenvalue weighted by atomic mass is 16.4. The zero-order chi connectivity index (χ0) is 13.0. The highest BCUT2D eigenvalue weighted by molar-refractivity contribution is 5.90. The lowest BCUT2D eigenvalue weighted by molar-refractivity contribution is 0.0697. The fourth-order valence-electron chi connectivity index (χ4n) is 1.50. The van der Waals surface area contributed by atoms with E-state index in [0.717, 1.165) is 0 Å². The van der Waals surface area contributed by atoms with E-state index in [1.807, 2.05) is 0 Å². The number of nitrogens with one attached hydrogen (secondary N) is 1. The molecule has 0 aliphatic rings. The minimum absolute atomic E-state index is 0.201. The van der Waals surface area contributed by atoms with Gasteiger partial charge in [0.2, 0.25) is 0 Å². The second kappa shape index (κ2) is 5.17. The molecule has 0 unspecified atom stereocenters. The first kappa shape index (κ1) is 11.9. The average Bonchev–Trinajstić information content (AvgIpc) is 2.84. The summed E-state index contributed by atoms with van der Waals surface area (Å²) in [6.45, 7) is 1.20. The number of carboxylic acid groups (broad SMARTS) is 1. The van der Waals surface area contributed by atoms with Crippen LogP contribution in [0.25, 0.3) is 0 Å². The molecule has 0 radical (unpaired) electrons. The number of aromatic nitrogens is 3. The molecule has 2 aromatic rings. The molecule has 7 heteroatoms. The molecule has 0 fully saturated rings. The fourth-order valence-corrected chi connectivity index (χ4v) is 1.50. The van der Waals surface area contributed by atoms with Crippen LogP contribution in [0.2, 0.25) is 0 Å². The Labute approximate surface area is 103 Å². The number of aromatic carboxylic acids is 1. The predicted octanol–water partition coefficient (Wildman–Crippen LogP) is 0.671. The number of nitrogens with zero attached hydrogens (tertiary/aromatic N) is 3. The van der Waals surface area contributed by atoms with Gasteiger partial charge in [0, 0.05) is 12.7 Å². The Morgan fingerprint density at radius 2 is 2.33 bits per heavy atom. The van der Waals surface area contributed by atoms with Crippen molar-refractivity contribution in [1.82, 2.24) is 15.0 Å². The molecule has 0 atom stereocenters. The summed E-state index contributed by atoms with van der Waals surface area (Å²) in [7, 11) is 0. The number of hydrogen-bond acceptors (Lipinski definition) is 5. The third-order valence-corrected chi connectivity index (χ3v) is 2.43. The third-order valence-electron chi connectivity index (χ3n) is 2.43. The van der Waals surface area contributed by atoms with Crippen LogP contribution in [0.4, 0.5) is 11.4 Å². The van der Waals surface area contributed by atoms with Gasteiger partial charge in [0.1, 0.15) is 0 Å². The van der Waals surface area contributed by atoms with Gasteiger partial charge in [-0.2, -0.15) is 0 Å². The summed E-state index contributed by atoms with van der Waals surface area (Å²) in [6, 6.07) is 4.56. The van der Waals surface area contributed by atoms with Gasteiger partial charge in [-0.15, -0.1) is 5.10 Å². The first-order valence-corrected chi connectivity index (χ1v) is 5.37. The average molecular weight is 247 g/mol. The van der Waals surface area contributed by atoms with E-state index in [-0.39, 0.29) is 5.56 Å². The molecule has 2 rings (SSSR count). The van der Waals surface area contributed by atoms with E-state index >= 15 is 0 Å². The van der Waals surface area contributed by atoms with E-state index < -0.39 is 5.97 Å². The summed E-state index contributed by atoms with van der Waals surface area (Å²) in [5.41, 5.74) is 7.08. The zero-order valence-corrected chi connectivity index (χ0v) is 9.58. The van der Waals surface area contributed by atoms with Gasteiger partial charge in [0.05, 0.1) is 29.7 Å². The minimum atomic E-state index is -0.977. The summed E-state index contributed by atoms with van der Waals surface area (Å²) in [4.78, 5) is 10.8. The van der Waals surface area contributed by atoms with E-state index in [1.165, 1.54) is 12.1 Å². The van der Waals surface area contributed by atoms with Crippen molar-refractivity contribution in [2.45, 2.75) is 6.54 Å². The lowest BCUT2D eigenvalue weighted by Gasteiger charge is -2.09. The standard InChI is InChI=1S/C11H13N5O2/c12-9-2-1-8(11(17)18)7-10(9)13-3-5-16-6-4-14-15-16/h1-2,4,6-7,13H,3,5,12H2,(H,17,18). The van der Waals surface area contributed by atoms with E-state index in [4.69, 9.17) is 10.8 Å². The van der Waals surface area contributed by atoms with Gasteiger partial charge in [-0.05, 0) is 18.2 Å². The predicted molar refractivity (Wildman–Crippen MR) is 66.3 cm³/mol. The summed E-state index contributed by atoms with van der Waals surface area (Å²) >= 11 is 0. The number of carbonyl (C=O) groups is 1. The Kier molecular flexibility index (Phi) is 3.42. The molecule has 0 aliphatic heterocycles. The second-order valence-corrected chi connectivity index (χ2v) is 3.70. The molecule has 0 bridgehead atoms. The van der Waals surface area contributed by atoms with Crippen LogP contribution in [0.5, 0.6) is 0 Å². The Hall–Kier alpha value is -2.57. The molecule has 4 N–H and O–H groups in total. The van der Waals surface area contributed by atoms with Gasteiger partial charge in [-0.1, -0.05) is 5.21 Å². The Bertz CT molecular complexity index is 538. The van der Waals surface area contributed by atoms with Gasteiger partial charge < -0.3 is 16.2 Å². The van der Waals surface area contributed by atoms with Crippen LogP contribution in [0.1, 0.15) is 10.4 Å². The van der Waals surface area contributed by atoms with Crippen molar-refractivity contribution < 1.29 is 9.90 Å². The van der Waals surface area contributed by atoms with Gasteiger partial charge >= 0.3 is 5.97 Å². The molecule has 1 heterocycles. The van der Waals surface area contributed by atoms with Gasteiger partial charge in [0.25, 0.3) is 0 Å². The quantitative estimate of drug-likeness (QED) is 0.670. The SMILES string of the molecule is Nc1ccc(C(=O)O)cc1NCCn1ccnn1. The monoisotopic (exact) mass is 247 g/mol. The van der Waals surface area contributed by atoms with Crippen molar-refractivity contribution in [2.75, 3.05) is 17.6 Å². The molecule has 7 nitrogen and oxygen atoms in total. The van der Waals surface area contributed by atoms with Crippen LogP contribution in [-0.2, 0) is 6.54 Å². The van der Waals surface area contributed by atoms with Gasteiger partial charge in [-0.3, -0.25) is 4.68 Å². The topological polar surface area (TPSA) is 106 Å². The molecule has 0 aliphatic carbocycles. The van der Waals surface area contributed by atoms with Crippen LogP contribution in [0, 0.1) is 0 Å². The van der Waals surface area contributed by atoms with Crippen molar-refractivity contribution in [3.8, 4) is 0 Å². The maximum Gasteiger partial charge on any atom is 0.335 e. The molecular weight excluding hydrogens is 234 g/mol. The minimum Gasteiger partial charge on any atom is -0.478 e. The molecule has 0 saturated carbocycles. The number of nitrogens with two attached hydrogens (primary N) is 1. The number of hydrogen-bond donors (Lipinski definition) is 3. The normalized spacial score (nSPS) is 10.2. The number of rotatable bonds is 5. The van der Waals surface area contributed by atoms with E-state index in [0.29, 0.717) is 24.5 Å². The first-order valence-electron chi connectivity index (χ1n) is 5.37. The molecule has 1 aromatic heterocycles. The van der Waals surface area contributed by atoms with Crippen LogP contribution in [0.3, 0.4) is 0 Å². The van der Waals surface area contributed by atoms with Crippen molar-refractivity contribution in [3.63, 3.8) is 0 Å². The summed E-state index contributed by atoms with van der Waals surface area (Å²) in [5.74, 6) is -0.977. The van der Waals surface area contributed by atoms with Crippen LogP contribution in [-0.4, -0.2) is 32.6 Å². The van der Waals surface area contributed by atoms with E-state index in [9.17, 15) is 4.79 Å². The second-order valence-electron chi connectivity index (χ2n) is 3.70. The van der Waals surface area contributed by atoms with Gasteiger partial charge in [0.15, 0.2) is 0 Å². The lowest BCUT2D eigenvalue weighted by Crippen LogP contribution is -2.12.